The van der Waals surface area contributed by atoms with Crippen LogP contribution < -0.4 is 5.32 Å². The summed E-state index contributed by atoms with van der Waals surface area (Å²) >= 11 is 0. The Labute approximate surface area is 144 Å². The average molecular weight is 335 g/mol. The van der Waals surface area contributed by atoms with Gasteiger partial charge in [-0.15, -0.1) is 0 Å². The van der Waals surface area contributed by atoms with Gasteiger partial charge in [0.15, 0.2) is 0 Å². The third-order valence-corrected chi connectivity index (χ3v) is 4.21. The molecule has 1 atom stereocenters. The summed E-state index contributed by atoms with van der Waals surface area (Å²) in [6.45, 7) is 1.36. The van der Waals surface area contributed by atoms with Gasteiger partial charge in [-0.3, -0.25) is 9.78 Å². The van der Waals surface area contributed by atoms with Crippen LogP contribution in [0.3, 0.4) is 0 Å². The lowest BCUT2D eigenvalue weighted by molar-refractivity contribution is 0.0787. The quantitative estimate of drug-likeness (QED) is 0.783. The molecule has 1 unspecified atom stereocenters. The van der Waals surface area contributed by atoms with Gasteiger partial charge in [-0.1, -0.05) is 6.07 Å². The van der Waals surface area contributed by atoms with Crippen LogP contribution in [-0.2, 0) is 0 Å². The summed E-state index contributed by atoms with van der Waals surface area (Å²) < 4.78 is 1.82. The van der Waals surface area contributed by atoms with E-state index in [1.54, 1.807) is 24.9 Å². The lowest BCUT2D eigenvalue weighted by Gasteiger charge is -2.17. The van der Waals surface area contributed by atoms with E-state index in [0.717, 1.165) is 12.1 Å². The molecule has 1 aliphatic rings. The predicted octanol–water partition coefficient (Wildman–Crippen LogP) is 1.90. The van der Waals surface area contributed by atoms with Gasteiger partial charge in [0.05, 0.1) is 12.2 Å². The molecule has 0 saturated carbocycles. The van der Waals surface area contributed by atoms with Crippen molar-refractivity contribution in [2.75, 3.05) is 18.4 Å². The molecule has 1 aromatic carbocycles. The summed E-state index contributed by atoms with van der Waals surface area (Å²) in [6.07, 6.45) is 8.97. The first-order valence-corrected chi connectivity index (χ1v) is 8.06. The summed E-state index contributed by atoms with van der Waals surface area (Å²) in [5.41, 5.74) is 1.45. The van der Waals surface area contributed by atoms with Crippen molar-refractivity contribution in [2.24, 2.45) is 0 Å². The maximum absolute atomic E-state index is 12.8. The molecule has 8 heteroatoms. The minimum atomic E-state index is 0.0189. The van der Waals surface area contributed by atoms with Crippen LogP contribution in [0.25, 0.3) is 0 Å². The molecule has 1 amide bonds. The molecule has 1 aliphatic heterocycles. The summed E-state index contributed by atoms with van der Waals surface area (Å²) in [7, 11) is 0. The van der Waals surface area contributed by atoms with E-state index < -0.39 is 0 Å². The van der Waals surface area contributed by atoms with Gasteiger partial charge in [-0.05, 0) is 24.6 Å². The fourth-order valence-corrected chi connectivity index (χ4v) is 2.97. The Hall–Kier alpha value is -3.29. The van der Waals surface area contributed by atoms with Crippen molar-refractivity contribution < 1.29 is 4.79 Å². The molecule has 126 valence electrons. The minimum Gasteiger partial charge on any atom is -0.339 e. The summed E-state index contributed by atoms with van der Waals surface area (Å²) in [5.74, 6) is 0.657. The van der Waals surface area contributed by atoms with E-state index in [1.165, 1.54) is 6.33 Å². The highest BCUT2D eigenvalue weighted by Gasteiger charge is 2.28. The van der Waals surface area contributed by atoms with E-state index in [4.69, 9.17) is 0 Å². The maximum Gasteiger partial charge on any atom is 0.254 e. The number of benzene rings is 1. The normalized spacial score (nSPS) is 16.8. The number of rotatable bonds is 4. The molecule has 4 rings (SSSR count). The third kappa shape index (κ3) is 3.32. The van der Waals surface area contributed by atoms with Crippen molar-refractivity contribution in [3.63, 3.8) is 0 Å². The van der Waals surface area contributed by atoms with Gasteiger partial charge >= 0.3 is 0 Å². The number of carbonyl (C=O) groups excluding carboxylic acids is 1. The van der Waals surface area contributed by atoms with Gasteiger partial charge in [-0.25, -0.2) is 14.6 Å². The maximum atomic E-state index is 12.8. The Morgan fingerprint density at radius 1 is 1.24 bits per heavy atom. The van der Waals surface area contributed by atoms with Crippen LogP contribution in [0.1, 0.15) is 22.8 Å². The first-order valence-electron chi connectivity index (χ1n) is 8.06. The van der Waals surface area contributed by atoms with Gasteiger partial charge < -0.3 is 10.2 Å². The second-order valence-corrected chi connectivity index (χ2v) is 5.87. The lowest BCUT2D eigenvalue weighted by Crippen LogP contribution is -2.29. The zero-order chi connectivity index (χ0) is 17.1. The highest BCUT2D eigenvalue weighted by molar-refractivity contribution is 5.95. The standard InChI is InChI=1S/C17H17N7O/c25-17(23-7-4-15(10-23)24-12-19-11-21-24)13-2-1-3-14(8-13)22-16-9-18-5-6-20-16/h1-3,5-6,8-9,11-12,15H,4,7,10H2,(H,20,22). The number of likely N-dealkylation sites (tertiary alicyclic amines) is 1. The zero-order valence-electron chi connectivity index (χ0n) is 13.5. The van der Waals surface area contributed by atoms with Gasteiger partial charge in [0, 0.05) is 36.7 Å². The smallest absolute Gasteiger partial charge is 0.254 e. The monoisotopic (exact) mass is 335 g/mol. The molecule has 2 aromatic heterocycles. The number of hydrogen-bond acceptors (Lipinski definition) is 6. The number of amides is 1. The van der Waals surface area contributed by atoms with Gasteiger partial charge in [0.2, 0.25) is 0 Å². The van der Waals surface area contributed by atoms with Crippen LogP contribution in [0.4, 0.5) is 11.5 Å². The van der Waals surface area contributed by atoms with E-state index in [2.05, 4.69) is 25.4 Å². The van der Waals surface area contributed by atoms with Gasteiger partial charge in [0.25, 0.3) is 5.91 Å². The molecule has 1 N–H and O–H groups in total. The number of aromatic nitrogens is 5. The number of carbonyl (C=O) groups is 1. The van der Waals surface area contributed by atoms with Crippen molar-refractivity contribution in [1.29, 1.82) is 0 Å². The molecule has 1 saturated heterocycles. The van der Waals surface area contributed by atoms with E-state index in [1.807, 2.05) is 33.8 Å². The highest BCUT2D eigenvalue weighted by Crippen LogP contribution is 2.23. The molecule has 0 aliphatic carbocycles. The molecular formula is C17H17N7O. The Morgan fingerprint density at radius 2 is 2.20 bits per heavy atom. The fourth-order valence-electron chi connectivity index (χ4n) is 2.97. The minimum absolute atomic E-state index is 0.0189. The van der Waals surface area contributed by atoms with Crippen LogP contribution in [0, 0.1) is 0 Å². The van der Waals surface area contributed by atoms with Crippen molar-refractivity contribution in [3.05, 3.63) is 61.1 Å². The first-order chi connectivity index (χ1) is 12.3. The number of nitrogens with one attached hydrogen (secondary N) is 1. The van der Waals surface area contributed by atoms with Crippen LogP contribution in [-0.4, -0.2) is 48.6 Å². The Bertz CT molecular complexity index is 850. The first kappa shape index (κ1) is 15.3. The summed E-state index contributed by atoms with van der Waals surface area (Å²) in [6, 6.07) is 7.60. The van der Waals surface area contributed by atoms with Crippen LogP contribution in [0.5, 0.6) is 0 Å². The fraction of sp³-hybridized carbons (Fsp3) is 0.235. The van der Waals surface area contributed by atoms with E-state index in [0.29, 0.717) is 24.5 Å². The third-order valence-electron chi connectivity index (χ3n) is 4.21. The molecule has 0 radical (unpaired) electrons. The number of nitrogens with zero attached hydrogens (tertiary/aromatic N) is 6. The van der Waals surface area contributed by atoms with Crippen LogP contribution in [0.2, 0.25) is 0 Å². The molecule has 0 bridgehead atoms. The predicted molar refractivity (Wildman–Crippen MR) is 91.3 cm³/mol. The molecule has 25 heavy (non-hydrogen) atoms. The Balaban J connectivity index is 1.46. The molecular weight excluding hydrogens is 318 g/mol. The molecule has 3 heterocycles. The molecule has 3 aromatic rings. The largest absolute Gasteiger partial charge is 0.339 e. The Kier molecular flexibility index (Phi) is 4.07. The summed E-state index contributed by atoms with van der Waals surface area (Å²) in [5, 5.41) is 7.32. The van der Waals surface area contributed by atoms with Crippen LogP contribution >= 0.6 is 0 Å². The van der Waals surface area contributed by atoms with E-state index in [9.17, 15) is 4.79 Å². The van der Waals surface area contributed by atoms with Crippen molar-refractivity contribution in [1.82, 2.24) is 29.6 Å². The van der Waals surface area contributed by atoms with Crippen LogP contribution in [0.15, 0.2) is 55.5 Å². The van der Waals surface area contributed by atoms with Crippen molar-refractivity contribution in [2.45, 2.75) is 12.5 Å². The lowest BCUT2D eigenvalue weighted by atomic mass is 10.1. The van der Waals surface area contributed by atoms with Gasteiger partial charge in [-0.2, -0.15) is 5.10 Å². The van der Waals surface area contributed by atoms with Crippen molar-refractivity contribution in [3.8, 4) is 0 Å². The SMILES string of the molecule is O=C(c1cccc(Nc2cnccn2)c1)N1CCC(n2cncn2)C1. The molecule has 1 fully saturated rings. The topological polar surface area (TPSA) is 88.8 Å². The van der Waals surface area contributed by atoms with E-state index in [-0.39, 0.29) is 11.9 Å². The number of anilines is 2. The average Bonchev–Trinajstić information content (AvgIpc) is 3.34. The second kappa shape index (κ2) is 6.68. The molecule has 8 nitrogen and oxygen atoms in total. The van der Waals surface area contributed by atoms with Crippen molar-refractivity contribution >= 4 is 17.4 Å². The molecule has 0 spiro atoms. The Morgan fingerprint density at radius 3 is 3.00 bits per heavy atom. The van der Waals surface area contributed by atoms with E-state index >= 15 is 0 Å². The highest BCUT2D eigenvalue weighted by atomic mass is 16.2. The summed E-state index contributed by atoms with van der Waals surface area (Å²) in [4.78, 5) is 26.8. The number of hydrogen-bond donors (Lipinski definition) is 1. The second-order valence-electron chi connectivity index (χ2n) is 5.87. The van der Waals surface area contributed by atoms with Gasteiger partial charge in [0.1, 0.15) is 18.5 Å². The zero-order valence-corrected chi connectivity index (χ0v) is 13.5.